The number of nitrogens with zero attached hydrogens (tertiary/aromatic N) is 4. The minimum absolute atomic E-state index is 0.272. The monoisotopic (exact) mass is 291 g/mol. The van der Waals surface area contributed by atoms with E-state index in [0.717, 1.165) is 64.4 Å². The summed E-state index contributed by atoms with van der Waals surface area (Å²) >= 11 is 0. The molecule has 1 amide bonds. The van der Waals surface area contributed by atoms with Crippen LogP contribution in [0.1, 0.15) is 12.8 Å². The Kier molecular flexibility index (Phi) is 4.49. The van der Waals surface area contributed by atoms with Gasteiger partial charge in [-0.25, -0.2) is 4.98 Å². The number of aromatic nitrogens is 2. The van der Waals surface area contributed by atoms with Crippen LogP contribution in [0, 0.1) is 0 Å². The summed E-state index contributed by atoms with van der Waals surface area (Å²) < 4.78 is 5.58. The highest BCUT2D eigenvalue weighted by molar-refractivity contribution is 5.49. The molecular formula is C14H21N5O2. The molecule has 2 aliphatic rings. The van der Waals surface area contributed by atoms with E-state index in [1.807, 2.05) is 6.07 Å². The van der Waals surface area contributed by atoms with Crippen molar-refractivity contribution in [3.05, 3.63) is 12.3 Å². The third-order valence-electron chi connectivity index (χ3n) is 3.94. The molecule has 0 aromatic carbocycles. The second-order valence-electron chi connectivity index (χ2n) is 5.38. The molecule has 114 valence electrons. The van der Waals surface area contributed by atoms with Crippen LogP contribution in [0.5, 0.6) is 0 Å². The molecule has 1 unspecified atom stereocenters. The Balaban J connectivity index is 1.56. The van der Waals surface area contributed by atoms with Crippen LogP contribution in [0.3, 0.4) is 0 Å². The minimum Gasteiger partial charge on any atom is -0.376 e. The van der Waals surface area contributed by atoms with Crippen molar-refractivity contribution in [2.75, 3.05) is 49.5 Å². The summed E-state index contributed by atoms with van der Waals surface area (Å²) in [6, 6.07) is 1.91. The van der Waals surface area contributed by atoms with Gasteiger partial charge in [0.2, 0.25) is 12.4 Å². The summed E-state index contributed by atoms with van der Waals surface area (Å²) in [5.41, 5.74) is 0. The smallest absolute Gasteiger partial charge is 0.224 e. The lowest BCUT2D eigenvalue weighted by Crippen LogP contribution is -2.46. The molecule has 1 aromatic rings. The molecule has 1 N–H and O–H groups in total. The molecule has 3 rings (SSSR count). The third kappa shape index (κ3) is 3.60. The number of anilines is 2. The number of nitrogens with one attached hydrogen (secondary N) is 1. The SMILES string of the molecule is O=CN1CCN(c2ccnc(NCC3CCCO3)n2)CC1. The lowest BCUT2D eigenvalue weighted by molar-refractivity contribution is -0.118. The molecule has 2 saturated heterocycles. The maximum atomic E-state index is 10.7. The fourth-order valence-corrected chi connectivity index (χ4v) is 2.68. The lowest BCUT2D eigenvalue weighted by Gasteiger charge is -2.33. The van der Waals surface area contributed by atoms with Crippen LogP contribution >= 0.6 is 0 Å². The Morgan fingerprint density at radius 1 is 1.38 bits per heavy atom. The number of ether oxygens (including phenoxy) is 1. The molecule has 0 bridgehead atoms. The molecule has 1 aromatic heterocycles. The largest absolute Gasteiger partial charge is 0.376 e. The minimum atomic E-state index is 0.272. The fraction of sp³-hybridized carbons (Fsp3) is 0.643. The van der Waals surface area contributed by atoms with Crippen molar-refractivity contribution < 1.29 is 9.53 Å². The van der Waals surface area contributed by atoms with E-state index in [9.17, 15) is 4.79 Å². The van der Waals surface area contributed by atoms with E-state index in [1.54, 1.807) is 11.1 Å². The average Bonchev–Trinajstić information content (AvgIpc) is 3.07. The number of hydrogen-bond donors (Lipinski definition) is 1. The molecule has 7 nitrogen and oxygen atoms in total. The number of carbonyl (C=O) groups excluding carboxylic acids is 1. The predicted molar refractivity (Wildman–Crippen MR) is 79.3 cm³/mol. The number of amides is 1. The van der Waals surface area contributed by atoms with Gasteiger partial charge in [0.1, 0.15) is 5.82 Å². The van der Waals surface area contributed by atoms with Crippen LogP contribution in [0.2, 0.25) is 0 Å². The second-order valence-corrected chi connectivity index (χ2v) is 5.38. The maximum Gasteiger partial charge on any atom is 0.224 e. The van der Waals surface area contributed by atoms with Crippen LogP contribution in [0.15, 0.2) is 12.3 Å². The Morgan fingerprint density at radius 3 is 2.95 bits per heavy atom. The standard InChI is InChI=1S/C14H21N5O2/c20-11-18-5-7-19(8-6-18)13-3-4-15-14(17-13)16-10-12-2-1-9-21-12/h3-4,11-12H,1-2,5-10H2,(H,15,16,17). The zero-order chi connectivity index (χ0) is 14.5. The van der Waals surface area contributed by atoms with Crippen LogP contribution in [0.25, 0.3) is 0 Å². The third-order valence-corrected chi connectivity index (χ3v) is 3.94. The van der Waals surface area contributed by atoms with E-state index in [4.69, 9.17) is 4.74 Å². The van der Waals surface area contributed by atoms with Gasteiger partial charge in [-0.15, -0.1) is 0 Å². The zero-order valence-electron chi connectivity index (χ0n) is 12.1. The normalized spacial score (nSPS) is 22.4. The molecule has 7 heteroatoms. The van der Waals surface area contributed by atoms with Gasteiger partial charge in [0.25, 0.3) is 0 Å². The van der Waals surface area contributed by atoms with E-state index < -0.39 is 0 Å². The topological polar surface area (TPSA) is 70.6 Å². The Labute approximate surface area is 124 Å². The van der Waals surface area contributed by atoms with Gasteiger partial charge in [0.15, 0.2) is 0 Å². The van der Waals surface area contributed by atoms with E-state index in [1.165, 1.54) is 0 Å². The van der Waals surface area contributed by atoms with Gasteiger partial charge in [-0.3, -0.25) is 4.79 Å². The van der Waals surface area contributed by atoms with E-state index >= 15 is 0 Å². The summed E-state index contributed by atoms with van der Waals surface area (Å²) in [6.45, 7) is 4.71. The molecule has 0 radical (unpaired) electrons. The van der Waals surface area contributed by atoms with Gasteiger partial charge in [-0.05, 0) is 18.9 Å². The molecule has 2 aliphatic heterocycles. The first kappa shape index (κ1) is 14.1. The first-order valence-corrected chi connectivity index (χ1v) is 7.48. The Bertz CT molecular complexity index is 470. The molecule has 21 heavy (non-hydrogen) atoms. The number of carbonyl (C=O) groups is 1. The number of piperazine rings is 1. The molecule has 1 atom stereocenters. The van der Waals surface area contributed by atoms with Crippen molar-refractivity contribution in [1.29, 1.82) is 0 Å². The van der Waals surface area contributed by atoms with Crippen molar-refractivity contribution in [2.24, 2.45) is 0 Å². The van der Waals surface area contributed by atoms with Crippen LogP contribution < -0.4 is 10.2 Å². The Morgan fingerprint density at radius 2 is 2.24 bits per heavy atom. The molecular weight excluding hydrogens is 270 g/mol. The van der Waals surface area contributed by atoms with Gasteiger partial charge in [-0.1, -0.05) is 0 Å². The maximum absolute atomic E-state index is 10.7. The number of hydrogen-bond acceptors (Lipinski definition) is 6. The van der Waals surface area contributed by atoms with Gasteiger partial charge < -0.3 is 19.9 Å². The molecule has 0 saturated carbocycles. The second kappa shape index (κ2) is 6.71. The van der Waals surface area contributed by atoms with Crippen molar-refractivity contribution in [1.82, 2.24) is 14.9 Å². The number of rotatable bonds is 5. The zero-order valence-corrected chi connectivity index (χ0v) is 12.1. The summed E-state index contributed by atoms with van der Waals surface area (Å²) in [5, 5.41) is 3.25. The van der Waals surface area contributed by atoms with Crippen LogP contribution in [-0.2, 0) is 9.53 Å². The quantitative estimate of drug-likeness (QED) is 0.789. The van der Waals surface area contributed by atoms with Crippen molar-refractivity contribution >= 4 is 18.2 Å². The Hall–Kier alpha value is -1.89. The highest BCUT2D eigenvalue weighted by Crippen LogP contribution is 2.16. The average molecular weight is 291 g/mol. The highest BCUT2D eigenvalue weighted by atomic mass is 16.5. The summed E-state index contributed by atoms with van der Waals surface area (Å²) in [4.78, 5) is 23.5. The van der Waals surface area contributed by atoms with E-state index in [0.29, 0.717) is 5.95 Å². The van der Waals surface area contributed by atoms with Crippen molar-refractivity contribution in [2.45, 2.75) is 18.9 Å². The first-order valence-electron chi connectivity index (χ1n) is 7.48. The predicted octanol–water partition coefficient (Wildman–Crippen LogP) is 0.346. The summed E-state index contributed by atoms with van der Waals surface area (Å²) in [5.74, 6) is 1.55. The van der Waals surface area contributed by atoms with Gasteiger partial charge in [-0.2, -0.15) is 4.98 Å². The molecule has 2 fully saturated rings. The van der Waals surface area contributed by atoms with Crippen molar-refractivity contribution in [3.8, 4) is 0 Å². The highest BCUT2D eigenvalue weighted by Gasteiger charge is 2.18. The van der Waals surface area contributed by atoms with Gasteiger partial charge >= 0.3 is 0 Å². The van der Waals surface area contributed by atoms with E-state index in [-0.39, 0.29) is 6.10 Å². The van der Waals surface area contributed by atoms with Gasteiger partial charge in [0.05, 0.1) is 6.10 Å². The molecule has 0 aliphatic carbocycles. The lowest BCUT2D eigenvalue weighted by atomic mass is 10.2. The summed E-state index contributed by atoms with van der Waals surface area (Å²) in [6.07, 6.45) is 5.18. The fourth-order valence-electron chi connectivity index (χ4n) is 2.68. The molecule has 0 spiro atoms. The first-order chi connectivity index (χ1) is 10.3. The van der Waals surface area contributed by atoms with Gasteiger partial charge in [0, 0.05) is 45.5 Å². The van der Waals surface area contributed by atoms with E-state index in [2.05, 4.69) is 20.2 Å². The summed E-state index contributed by atoms with van der Waals surface area (Å²) in [7, 11) is 0. The van der Waals surface area contributed by atoms with Crippen molar-refractivity contribution in [3.63, 3.8) is 0 Å². The van der Waals surface area contributed by atoms with Crippen LogP contribution in [-0.4, -0.2) is 66.7 Å². The molecule has 3 heterocycles. The van der Waals surface area contributed by atoms with Crippen LogP contribution in [0.4, 0.5) is 11.8 Å².